The molecule has 11 heavy (non-hydrogen) atoms. The molecule has 0 aromatic heterocycles. The standard InChI is InChI=1S/C8H5F2I/c9-8(10)7(11)6-4-2-1-3-5-6/h1-5H. The summed E-state index contributed by atoms with van der Waals surface area (Å²) in [4.78, 5) is 0. The van der Waals surface area contributed by atoms with Gasteiger partial charge in [-0.2, -0.15) is 8.78 Å². The molecule has 0 aliphatic rings. The Morgan fingerprint density at radius 3 is 2.09 bits per heavy atom. The number of hydrogen-bond donors (Lipinski definition) is 0. The maximum Gasteiger partial charge on any atom is 0.284 e. The lowest BCUT2D eigenvalue weighted by molar-refractivity contribution is 0.429. The zero-order valence-corrected chi connectivity index (χ0v) is 7.68. The van der Waals surface area contributed by atoms with Crippen molar-refractivity contribution in [1.29, 1.82) is 0 Å². The monoisotopic (exact) mass is 266 g/mol. The molecule has 0 nitrogen and oxygen atoms in total. The van der Waals surface area contributed by atoms with Crippen LogP contribution in [-0.2, 0) is 0 Å². The lowest BCUT2D eigenvalue weighted by Crippen LogP contribution is -1.74. The first-order valence-corrected chi connectivity index (χ1v) is 4.06. The Bertz CT molecular complexity index is 263. The summed E-state index contributed by atoms with van der Waals surface area (Å²) in [6.45, 7) is 0. The lowest BCUT2D eigenvalue weighted by Gasteiger charge is -1.95. The molecule has 0 amide bonds. The molecule has 3 heteroatoms. The van der Waals surface area contributed by atoms with Crippen LogP contribution in [-0.4, -0.2) is 0 Å². The van der Waals surface area contributed by atoms with Crippen molar-refractivity contribution in [3.8, 4) is 0 Å². The van der Waals surface area contributed by atoms with Gasteiger partial charge in [-0.25, -0.2) is 0 Å². The SMILES string of the molecule is FC(F)=C(I)c1ccccc1. The summed E-state index contributed by atoms with van der Waals surface area (Å²) >= 11 is 1.63. The predicted molar refractivity (Wildman–Crippen MR) is 49.6 cm³/mol. The third-order valence-electron chi connectivity index (χ3n) is 1.19. The van der Waals surface area contributed by atoms with Crippen LogP contribution >= 0.6 is 22.6 Å². The van der Waals surface area contributed by atoms with E-state index in [4.69, 9.17) is 0 Å². The Morgan fingerprint density at radius 1 is 1.09 bits per heavy atom. The van der Waals surface area contributed by atoms with Crippen molar-refractivity contribution in [3.05, 3.63) is 42.0 Å². The fourth-order valence-electron chi connectivity index (χ4n) is 0.694. The fourth-order valence-corrected chi connectivity index (χ4v) is 1.05. The van der Waals surface area contributed by atoms with E-state index in [1.165, 1.54) is 0 Å². The maximum atomic E-state index is 12.0. The van der Waals surface area contributed by atoms with Crippen LogP contribution in [0.2, 0.25) is 0 Å². The van der Waals surface area contributed by atoms with Crippen molar-refractivity contribution in [2.24, 2.45) is 0 Å². The third-order valence-corrected chi connectivity index (χ3v) is 2.22. The van der Waals surface area contributed by atoms with E-state index in [2.05, 4.69) is 0 Å². The molecule has 0 atom stereocenters. The van der Waals surface area contributed by atoms with Crippen LogP contribution in [0.5, 0.6) is 0 Å². The van der Waals surface area contributed by atoms with Crippen molar-refractivity contribution in [1.82, 2.24) is 0 Å². The second-order valence-electron chi connectivity index (χ2n) is 1.94. The Kier molecular flexibility index (Phi) is 2.99. The van der Waals surface area contributed by atoms with Crippen LogP contribution in [0.15, 0.2) is 36.4 Å². The van der Waals surface area contributed by atoms with Crippen LogP contribution in [0, 0.1) is 0 Å². The topological polar surface area (TPSA) is 0 Å². The molecular weight excluding hydrogens is 261 g/mol. The maximum absolute atomic E-state index is 12.0. The van der Waals surface area contributed by atoms with Gasteiger partial charge in [-0.3, -0.25) is 0 Å². The van der Waals surface area contributed by atoms with E-state index in [0.717, 1.165) is 0 Å². The van der Waals surface area contributed by atoms with Gasteiger partial charge in [0.25, 0.3) is 6.08 Å². The minimum absolute atomic E-state index is 0.0169. The van der Waals surface area contributed by atoms with E-state index >= 15 is 0 Å². The molecular formula is C8H5F2I. The van der Waals surface area contributed by atoms with Gasteiger partial charge >= 0.3 is 0 Å². The zero-order valence-electron chi connectivity index (χ0n) is 5.52. The molecule has 0 radical (unpaired) electrons. The quantitative estimate of drug-likeness (QED) is 0.680. The van der Waals surface area contributed by atoms with Crippen molar-refractivity contribution in [2.45, 2.75) is 0 Å². The molecule has 0 bridgehead atoms. The van der Waals surface area contributed by atoms with Crippen molar-refractivity contribution in [3.63, 3.8) is 0 Å². The Balaban J connectivity index is 3.04. The summed E-state index contributed by atoms with van der Waals surface area (Å²) < 4.78 is 24.0. The summed E-state index contributed by atoms with van der Waals surface area (Å²) in [5, 5.41) is 0. The first-order valence-electron chi connectivity index (χ1n) is 2.98. The molecule has 0 saturated heterocycles. The minimum atomic E-state index is -1.63. The normalized spacial score (nSPS) is 9.36. The molecule has 0 fully saturated rings. The predicted octanol–water partition coefficient (Wildman–Crippen LogP) is 3.69. The molecule has 1 aromatic carbocycles. The van der Waals surface area contributed by atoms with Crippen molar-refractivity contribution in [2.75, 3.05) is 0 Å². The van der Waals surface area contributed by atoms with E-state index in [1.807, 2.05) is 0 Å². The Hall–Kier alpha value is -0.450. The number of halogens is 3. The van der Waals surface area contributed by atoms with Gasteiger partial charge in [0.2, 0.25) is 0 Å². The van der Waals surface area contributed by atoms with Gasteiger partial charge in [0, 0.05) is 0 Å². The summed E-state index contributed by atoms with van der Waals surface area (Å²) in [7, 11) is 0. The molecule has 58 valence electrons. The van der Waals surface area contributed by atoms with E-state index in [-0.39, 0.29) is 3.58 Å². The summed E-state index contributed by atoms with van der Waals surface area (Å²) in [5.74, 6) is 0. The molecule has 0 spiro atoms. The van der Waals surface area contributed by atoms with Gasteiger partial charge < -0.3 is 0 Å². The second-order valence-corrected chi connectivity index (χ2v) is 3.02. The van der Waals surface area contributed by atoms with Gasteiger partial charge in [0.05, 0.1) is 3.58 Å². The van der Waals surface area contributed by atoms with Gasteiger partial charge in [-0.15, -0.1) is 0 Å². The average molecular weight is 266 g/mol. The largest absolute Gasteiger partial charge is 0.284 e. The van der Waals surface area contributed by atoms with Crippen LogP contribution in [0.3, 0.4) is 0 Å². The zero-order chi connectivity index (χ0) is 8.27. The minimum Gasteiger partial charge on any atom is -0.172 e. The first-order chi connectivity index (χ1) is 5.22. The molecule has 0 heterocycles. The molecule has 0 aliphatic carbocycles. The molecule has 1 aromatic rings. The third kappa shape index (κ3) is 2.25. The van der Waals surface area contributed by atoms with Gasteiger partial charge in [0.1, 0.15) is 0 Å². The van der Waals surface area contributed by atoms with E-state index in [9.17, 15) is 8.78 Å². The highest BCUT2D eigenvalue weighted by atomic mass is 127. The van der Waals surface area contributed by atoms with Gasteiger partial charge in [0.15, 0.2) is 0 Å². The van der Waals surface area contributed by atoms with E-state index in [0.29, 0.717) is 5.56 Å². The lowest BCUT2D eigenvalue weighted by atomic mass is 10.2. The molecule has 0 saturated carbocycles. The van der Waals surface area contributed by atoms with Crippen LogP contribution < -0.4 is 0 Å². The molecule has 1 rings (SSSR count). The number of benzene rings is 1. The highest BCUT2D eigenvalue weighted by Crippen LogP contribution is 2.26. The van der Waals surface area contributed by atoms with Crippen molar-refractivity contribution < 1.29 is 8.78 Å². The molecule has 0 unspecified atom stereocenters. The second kappa shape index (κ2) is 3.80. The van der Waals surface area contributed by atoms with Gasteiger partial charge in [-0.05, 0) is 28.2 Å². The van der Waals surface area contributed by atoms with Crippen LogP contribution in [0.4, 0.5) is 8.78 Å². The van der Waals surface area contributed by atoms with E-state index < -0.39 is 6.08 Å². The van der Waals surface area contributed by atoms with Crippen molar-refractivity contribution >= 4 is 26.2 Å². The highest BCUT2D eigenvalue weighted by Gasteiger charge is 2.02. The molecule has 0 aliphatic heterocycles. The average Bonchev–Trinajstić information content (AvgIpc) is 2.05. The number of rotatable bonds is 1. The van der Waals surface area contributed by atoms with E-state index in [1.54, 1.807) is 52.9 Å². The fraction of sp³-hybridized carbons (Fsp3) is 0. The highest BCUT2D eigenvalue weighted by molar-refractivity contribution is 14.1. The Morgan fingerprint density at radius 2 is 1.64 bits per heavy atom. The smallest absolute Gasteiger partial charge is 0.172 e. The van der Waals surface area contributed by atoms with Gasteiger partial charge in [-0.1, -0.05) is 30.3 Å². The summed E-state index contributed by atoms with van der Waals surface area (Å²) in [5.41, 5.74) is 0.563. The Labute approximate surface area is 77.1 Å². The molecule has 0 N–H and O–H groups in total. The summed E-state index contributed by atoms with van der Waals surface area (Å²) in [6.07, 6.45) is -1.63. The van der Waals surface area contributed by atoms with Crippen LogP contribution in [0.25, 0.3) is 3.58 Å². The summed E-state index contributed by atoms with van der Waals surface area (Å²) in [6, 6.07) is 8.57. The number of hydrogen-bond acceptors (Lipinski definition) is 0. The van der Waals surface area contributed by atoms with Crippen LogP contribution in [0.1, 0.15) is 5.56 Å². The first kappa shape index (κ1) is 8.64.